The number of anilines is 1. The van der Waals surface area contributed by atoms with Crippen molar-refractivity contribution in [3.05, 3.63) is 81.9 Å². The molecule has 0 radical (unpaired) electrons. The number of fused-ring (bicyclic) bond motifs is 3. The van der Waals surface area contributed by atoms with Crippen LogP contribution in [0.3, 0.4) is 0 Å². The van der Waals surface area contributed by atoms with Gasteiger partial charge in [0.05, 0.1) is 28.5 Å². The van der Waals surface area contributed by atoms with E-state index in [4.69, 9.17) is 0 Å². The number of benzene rings is 2. The second-order valence-electron chi connectivity index (χ2n) is 8.04. The number of nitro groups is 1. The van der Waals surface area contributed by atoms with Gasteiger partial charge in [0.2, 0.25) is 11.8 Å². The van der Waals surface area contributed by atoms with Crippen LogP contribution in [0.25, 0.3) is 0 Å². The maximum atomic E-state index is 13.5. The minimum absolute atomic E-state index is 0.0994. The highest BCUT2D eigenvalue weighted by Gasteiger charge is 2.64. The molecule has 0 aliphatic carbocycles. The Kier molecular flexibility index (Phi) is 4.47. The number of Topliss-reactive ketones (excluding diaryl/α,β-unsaturated/α-hetero) is 1. The molecule has 3 aliphatic heterocycles. The minimum Gasteiger partial charge on any atom is -0.292 e. The van der Waals surface area contributed by atoms with Gasteiger partial charge in [0.25, 0.3) is 5.69 Å². The molecule has 9 heteroatoms. The van der Waals surface area contributed by atoms with Gasteiger partial charge in [-0.1, -0.05) is 35.9 Å². The standard InChI is InChI=1S/C23H18N4O5/c1-13-7-9-15(10-8-13)25-22(29)18-17-6-3-11-24-26(17)20(19(18)23(25)30)21(28)14-4-2-5-16(12-14)27(31)32/h2-12,17-20H,1H3/t17-,18-,19-,20-/m0/s1. The monoisotopic (exact) mass is 430 g/mol. The lowest BCUT2D eigenvalue weighted by atomic mass is 9.86. The quantitative estimate of drug-likeness (QED) is 0.319. The van der Waals surface area contributed by atoms with Crippen LogP contribution in [0, 0.1) is 28.9 Å². The molecule has 9 nitrogen and oxygen atoms in total. The number of nitrogens with zero attached hydrogens (tertiary/aromatic N) is 4. The third-order valence-electron chi connectivity index (χ3n) is 6.19. The van der Waals surface area contributed by atoms with Crippen molar-refractivity contribution in [2.75, 3.05) is 4.90 Å². The Morgan fingerprint density at radius 1 is 1.06 bits per heavy atom. The molecule has 5 rings (SSSR count). The van der Waals surface area contributed by atoms with Gasteiger partial charge in [-0.2, -0.15) is 5.10 Å². The number of non-ortho nitro benzene ring substituents is 1. The number of rotatable bonds is 4. The van der Waals surface area contributed by atoms with E-state index in [0.29, 0.717) is 5.69 Å². The normalized spacial score (nSPS) is 25.8. The molecule has 4 atom stereocenters. The third kappa shape index (κ3) is 2.85. The summed E-state index contributed by atoms with van der Waals surface area (Å²) in [4.78, 5) is 52.1. The Bertz CT molecular complexity index is 1220. The lowest BCUT2D eigenvalue weighted by Gasteiger charge is -2.30. The van der Waals surface area contributed by atoms with Crippen LogP contribution in [0.1, 0.15) is 15.9 Å². The maximum Gasteiger partial charge on any atom is 0.270 e. The summed E-state index contributed by atoms with van der Waals surface area (Å²) in [5.74, 6) is -3.04. The molecule has 2 saturated heterocycles. The zero-order chi connectivity index (χ0) is 22.6. The van der Waals surface area contributed by atoms with E-state index in [9.17, 15) is 24.5 Å². The number of imide groups is 1. The van der Waals surface area contributed by atoms with Crippen LogP contribution in [0.15, 0.2) is 65.8 Å². The van der Waals surface area contributed by atoms with Gasteiger partial charge in [0, 0.05) is 23.9 Å². The van der Waals surface area contributed by atoms with E-state index >= 15 is 0 Å². The molecule has 2 aromatic carbocycles. The summed E-state index contributed by atoms with van der Waals surface area (Å²) in [5.41, 5.74) is 1.32. The molecule has 3 heterocycles. The molecule has 0 aromatic heterocycles. The fourth-order valence-corrected chi connectivity index (χ4v) is 4.73. The highest BCUT2D eigenvalue weighted by atomic mass is 16.6. The van der Waals surface area contributed by atoms with Gasteiger partial charge in [-0.15, -0.1) is 0 Å². The minimum atomic E-state index is -1.04. The lowest BCUT2D eigenvalue weighted by Crippen LogP contribution is -2.46. The van der Waals surface area contributed by atoms with E-state index in [0.717, 1.165) is 10.5 Å². The number of ketones is 1. The first-order chi connectivity index (χ1) is 15.4. The molecule has 160 valence electrons. The van der Waals surface area contributed by atoms with Crippen molar-refractivity contribution in [1.82, 2.24) is 5.01 Å². The van der Waals surface area contributed by atoms with Crippen LogP contribution in [0.4, 0.5) is 11.4 Å². The molecular formula is C23H18N4O5. The average molecular weight is 430 g/mol. The van der Waals surface area contributed by atoms with Crippen molar-refractivity contribution in [1.29, 1.82) is 0 Å². The van der Waals surface area contributed by atoms with Gasteiger partial charge in [-0.3, -0.25) is 29.5 Å². The summed E-state index contributed by atoms with van der Waals surface area (Å²) in [5, 5.41) is 16.9. The number of hydrazone groups is 1. The Labute approximate surface area is 182 Å². The van der Waals surface area contributed by atoms with Crippen molar-refractivity contribution in [2.24, 2.45) is 16.9 Å². The molecule has 0 spiro atoms. The van der Waals surface area contributed by atoms with Crippen molar-refractivity contribution < 1.29 is 19.3 Å². The van der Waals surface area contributed by atoms with E-state index < -0.39 is 40.5 Å². The van der Waals surface area contributed by atoms with Crippen LogP contribution < -0.4 is 4.90 Å². The van der Waals surface area contributed by atoms with Gasteiger partial charge < -0.3 is 0 Å². The van der Waals surface area contributed by atoms with Crippen molar-refractivity contribution >= 4 is 35.2 Å². The van der Waals surface area contributed by atoms with Crippen LogP contribution in [-0.4, -0.2) is 45.8 Å². The molecule has 0 saturated carbocycles. The van der Waals surface area contributed by atoms with Crippen LogP contribution >= 0.6 is 0 Å². The van der Waals surface area contributed by atoms with E-state index in [1.54, 1.807) is 24.3 Å². The van der Waals surface area contributed by atoms with E-state index in [2.05, 4.69) is 5.10 Å². The number of hydrogen-bond acceptors (Lipinski definition) is 7. The van der Waals surface area contributed by atoms with Crippen LogP contribution in [-0.2, 0) is 9.59 Å². The Morgan fingerprint density at radius 3 is 2.50 bits per heavy atom. The van der Waals surface area contributed by atoms with Gasteiger partial charge in [0.15, 0.2) is 5.78 Å². The first kappa shape index (κ1) is 19.8. The summed E-state index contributed by atoms with van der Waals surface area (Å²) < 4.78 is 0. The number of allylic oxidation sites excluding steroid dienone is 1. The highest BCUT2D eigenvalue weighted by molar-refractivity contribution is 6.24. The SMILES string of the molecule is Cc1ccc(N2C(=O)[C@@H]3[C@H](C2=O)[C@@H](C(=O)c2cccc([N+](=O)[O-])c2)N2N=CC=C[C@@H]32)cc1. The van der Waals surface area contributed by atoms with Gasteiger partial charge >= 0.3 is 0 Å². The second-order valence-corrected chi connectivity index (χ2v) is 8.04. The zero-order valence-electron chi connectivity index (χ0n) is 17.0. The number of hydrogen-bond donors (Lipinski definition) is 0. The molecule has 32 heavy (non-hydrogen) atoms. The Hall–Kier alpha value is -4.14. The van der Waals surface area contributed by atoms with Gasteiger partial charge in [0.1, 0.15) is 6.04 Å². The fourth-order valence-electron chi connectivity index (χ4n) is 4.73. The van der Waals surface area contributed by atoms with E-state index in [1.165, 1.54) is 35.5 Å². The number of carbonyl (C=O) groups is 3. The van der Waals surface area contributed by atoms with Crippen LogP contribution in [0.2, 0.25) is 0 Å². The number of nitro benzene ring substituents is 1. The van der Waals surface area contributed by atoms with Crippen molar-refractivity contribution in [2.45, 2.75) is 19.0 Å². The highest BCUT2D eigenvalue weighted by Crippen LogP contribution is 2.46. The summed E-state index contributed by atoms with van der Waals surface area (Å²) in [6.07, 6.45) is 4.94. The number of amides is 2. The molecule has 2 aromatic rings. The van der Waals surface area contributed by atoms with E-state index in [1.807, 2.05) is 19.1 Å². The van der Waals surface area contributed by atoms with Gasteiger partial charge in [-0.05, 0) is 25.1 Å². The van der Waals surface area contributed by atoms with Crippen molar-refractivity contribution in [3.8, 4) is 0 Å². The molecule has 2 fully saturated rings. The summed E-state index contributed by atoms with van der Waals surface area (Å²) in [6, 6.07) is 10.8. The predicted octanol–water partition coefficient (Wildman–Crippen LogP) is 2.50. The number of carbonyl (C=O) groups excluding carboxylic acids is 3. The Morgan fingerprint density at radius 2 is 1.78 bits per heavy atom. The first-order valence-corrected chi connectivity index (χ1v) is 10.1. The number of aryl methyl sites for hydroxylation is 1. The topological polar surface area (TPSA) is 113 Å². The molecule has 3 aliphatic rings. The fraction of sp³-hybridized carbons (Fsp3) is 0.217. The molecule has 2 amide bonds. The average Bonchev–Trinajstić information content (AvgIpc) is 3.27. The smallest absolute Gasteiger partial charge is 0.270 e. The predicted molar refractivity (Wildman–Crippen MR) is 115 cm³/mol. The van der Waals surface area contributed by atoms with Crippen molar-refractivity contribution in [3.63, 3.8) is 0 Å². The molecule has 0 bridgehead atoms. The van der Waals surface area contributed by atoms with Gasteiger partial charge in [-0.25, -0.2) is 4.90 Å². The summed E-state index contributed by atoms with van der Waals surface area (Å²) in [6.45, 7) is 1.91. The summed E-state index contributed by atoms with van der Waals surface area (Å²) in [7, 11) is 0. The molecular weight excluding hydrogens is 412 g/mol. The van der Waals surface area contributed by atoms with Crippen LogP contribution in [0.5, 0.6) is 0 Å². The first-order valence-electron chi connectivity index (χ1n) is 10.1. The third-order valence-corrected chi connectivity index (χ3v) is 6.19. The lowest BCUT2D eigenvalue weighted by molar-refractivity contribution is -0.384. The Balaban J connectivity index is 1.57. The largest absolute Gasteiger partial charge is 0.292 e. The second kappa shape index (κ2) is 7.23. The molecule has 0 N–H and O–H groups in total. The summed E-state index contributed by atoms with van der Waals surface area (Å²) >= 11 is 0. The molecule has 0 unspecified atom stereocenters. The maximum absolute atomic E-state index is 13.5. The zero-order valence-corrected chi connectivity index (χ0v) is 17.0. The van der Waals surface area contributed by atoms with E-state index in [-0.39, 0.29) is 17.2 Å².